The topological polar surface area (TPSA) is 64.3 Å². The summed E-state index contributed by atoms with van der Waals surface area (Å²) in [4.78, 5) is 25.7. The van der Waals surface area contributed by atoms with Crippen LogP contribution in [0, 0.1) is 11.8 Å². The molecule has 186 valence electrons. The van der Waals surface area contributed by atoms with Crippen molar-refractivity contribution in [2.24, 2.45) is 11.8 Å². The molecule has 7 heteroatoms. The van der Waals surface area contributed by atoms with Crippen LogP contribution in [-0.4, -0.2) is 60.0 Å². The molecule has 0 radical (unpaired) electrons. The van der Waals surface area contributed by atoms with Gasteiger partial charge in [-0.15, -0.1) is 0 Å². The standard InChI is InChI=1S/C28H36ClN5O/c29-24-9-10-25-26(19-24)32-28(31-25)34-15-4-8-23(20-34)27(35)30-13-5-14-33-16-11-22(12-17-33)18-21-6-2-1-3-7-21/h1-3,6-7,9-10,19,22-23H,4-5,8,11-18,20H2,(H,30,35)(H,31,32)/t23-/m1/s1. The number of anilines is 1. The molecule has 35 heavy (non-hydrogen) atoms. The van der Waals surface area contributed by atoms with Crippen LogP contribution in [-0.2, 0) is 11.2 Å². The Kier molecular flexibility index (Phi) is 7.89. The molecule has 0 aliphatic carbocycles. The normalized spacial score (nSPS) is 19.8. The molecule has 0 bridgehead atoms. The van der Waals surface area contributed by atoms with E-state index < -0.39 is 0 Å². The molecule has 5 rings (SSSR count). The number of H-pyrrole nitrogens is 1. The second-order valence-electron chi connectivity index (χ2n) is 10.1. The van der Waals surface area contributed by atoms with Crippen LogP contribution >= 0.6 is 11.6 Å². The lowest BCUT2D eigenvalue weighted by Gasteiger charge is -2.32. The zero-order chi connectivity index (χ0) is 24.0. The molecule has 2 aromatic carbocycles. The number of imidazole rings is 1. The van der Waals surface area contributed by atoms with Crippen LogP contribution in [0.15, 0.2) is 48.5 Å². The van der Waals surface area contributed by atoms with Gasteiger partial charge < -0.3 is 20.1 Å². The Labute approximate surface area is 213 Å². The number of aromatic amines is 1. The summed E-state index contributed by atoms with van der Waals surface area (Å²) in [6.07, 6.45) is 6.68. The van der Waals surface area contributed by atoms with Gasteiger partial charge in [0, 0.05) is 24.7 Å². The minimum atomic E-state index is 0.00859. The Morgan fingerprint density at radius 2 is 1.91 bits per heavy atom. The maximum atomic E-state index is 12.9. The van der Waals surface area contributed by atoms with Crippen molar-refractivity contribution in [2.45, 2.75) is 38.5 Å². The molecule has 2 saturated heterocycles. The average Bonchev–Trinajstić information content (AvgIpc) is 3.31. The van der Waals surface area contributed by atoms with Gasteiger partial charge in [0.2, 0.25) is 11.9 Å². The van der Waals surface area contributed by atoms with Crippen LogP contribution in [0.5, 0.6) is 0 Å². The zero-order valence-corrected chi connectivity index (χ0v) is 21.1. The number of piperidine rings is 2. The molecule has 0 spiro atoms. The first-order valence-electron chi connectivity index (χ1n) is 13.1. The zero-order valence-electron chi connectivity index (χ0n) is 20.4. The number of benzene rings is 2. The number of carbonyl (C=O) groups excluding carboxylic acids is 1. The monoisotopic (exact) mass is 493 g/mol. The fraction of sp³-hybridized carbons (Fsp3) is 0.500. The summed E-state index contributed by atoms with van der Waals surface area (Å²) < 4.78 is 0. The Balaban J connectivity index is 1.02. The molecule has 0 saturated carbocycles. The van der Waals surface area contributed by atoms with Crippen LogP contribution in [0.2, 0.25) is 5.02 Å². The van der Waals surface area contributed by atoms with Crippen molar-refractivity contribution < 1.29 is 4.79 Å². The van der Waals surface area contributed by atoms with E-state index in [2.05, 4.69) is 50.4 Å². The van der Waals surface area contributed by atoms with E-state index in [9.17, 15) is 4.79 Å². The van der Waals surface area contributed by atoms with Crippen molar-refractivity contribution in [2.75, 3.05) is 44.2 Å². The molecule has 1 amide bonds. The molecule has 3 aromatic rings. The number of amides is 1. The van der Waals surface area contributed by atoms with E-state index >= 15 is 0 Å². The SMILES string of the molecule is O=C(NCCCN1CCC(Cc2ccccc2)CC1)[C@@H]1CCCN(c2nc3ccc(Cl)cc3[nH]2)C1. The summed E-state index contributed by atoms with van der Waals surface area (Å²) in [6.45, 7) is 5.78. The van der Waals surface area contributed by atoms with Crippen LogP contribution < -0.4 is 10.2 Å². The number of halogens is 1. The molecule has 1 atom stereocenters. The number of fused-ring (bicyclic) bond motifs is 1. The quantitative estimate of drug-likeness (QED) is 0.438. The average molecular weight is 494 g/mol. The third-order valence-corrected chi connectivity index (χ3v) is 7.78. The smallest absolute Gasteiger partial charge is 0.224 e. The van der Waals surface area contributed by atoms with Gasteiger partial charge in [-0.1, -0.05) is 41.9 Å². The van der Waals surface area contributed by atoms with E-state index in [4.69, 9.17) is 16.6 Å². The Morgan fingerprint density at radius 3 is 2.74 bits per heavy atom. The first-order valence-corrected chi connectivity index (χ1v) is 13.5. The van der Waals surface area contributed by atoms with Crippen LogP contribution in [0.3, 0.4) is 0 Å². The molecule has 3 heterocycles. The number of hydrogen-bond donors (Lipinski definition) is 2. The molecule has 2 N–H and O–H groups in total. The number of aromatic nitrogens is 2. The number of nitrogens with one attached hydrogen (secondary N) is 2. The lowest BCUT2D eigenvalue weighted by molar-refractivity contribution is -0.125. The summed E-state index contributed by atoms with van der Waals surface area (Å²) >= 11 is 6.11. The highest BCUT2D eigenvalue weighted by Gasteiger charge is 2.27. The minimum Gasteiger partial charge on any atom is -0.356 e. The van der Waals surface area contributed by atoms with Gasteiger partial charge in [0.1, 0.15) is 0 Å². The highest BCUT2D eigenvalue weighted by atomic mass is 35.5. The summed E-state index contributed by atoms with van der Waals surface area (Å²) in [5, 5.41) is 3.89. The van der Waals surface area contributed by atoms with Gasteiger partial charge >= 0.3 is 0 Å². The predicted molar refractivity (Wildman–Crippen MR) is 143 cm³/mol. The number of rotatable bonds is 8. The maximum Gasteiger partial charge on any atom is 0.224 e. The summed E-state index contributed by atoms with van der Waals surface area (Å²) in [6, 6.07) is 16.5. The van der Waals surface area contributed by atoms with Gasteiger partial charge in [0.05, 0.1) is 17.0 Å². The molecule has 1 aromatic heterocycles. The van der Waals surface area contributed by atoms with E-state index in [-0.39, 0.29) is 11.8 Å². The fourth-order valence-corrected chi connectivity index (χ4v) is 5.69. The van der Waals surface area contributed by atoms with E-state index in [1.807, 2.05) is 18.2 Å². The number of carbonyl (C=O) groups is 1. The van der Waals surface area contributed by atoms with Gasteiger partial charge in [-0.3, -0.25) is 4.79 Å². The van der Waals surface area contributed by atoms with Gasteiger partial charge in [-0.2, -0.15) is 0 Å². The number of nitrogens with zero attached hydrogens (tertiary/aromatic N) is 3. The van der Waals surface area contributed by atoms with E-state index in [0.717, 1.165) is 61.8 Å². The van der Waals surface area contributed by atoms with Crippen LogP contribution in [0.4, 0.5) is 5.95 Å². The van der Waals surface area contributed by atoms with Crippen molar-refractivity contribution in [3.63, 3.8) is 0 Å². The van der Waals surface area contributed by atoms with Gasteiger partial charge in [-0.25, -0.2) is 4.98 Å². The van der Waals surface area contributed by atoms with Crippen molar-refractivity contribution >= 4 is 34.5 Å². The summed E-state index contributed by atoms with van der Waals surface area (Å²) in [5.74, 6) is 1.81. The van der Waals surface area contributed by atoms with E-state index in [1.54, 1.807) is 0 Å². The highest BCUT2D eigenvalue weighted by Crippen LogP contribution is 2.25. The van der Waals surface area contributed by atoms with Gasteiger partial charge in [-0.05, 0) is 87.8 Å². The van der Waals surface area contributed by atoms with Crippen molar-refractivity contribution in [3.05, 3.63) is 59.1 Å². The summed E-state index contributed by atoms with van der Waals surface area (Å²) in [5.41, 5.74) is 3.29. The molecular formula is C28H36ClN5O. The fourth-order valence-electron chi connectivity index (χ4n) is 5.52. The molecule has 0 unspecified atom stereocenters. The molecular weight excluding hydrogens is 458 g/mol. The highest BCUT2D eigenvalue weighted by molar-refractivity contribution is 6.31. The number of likely N-dealkylation sites (tertiary alicyclic amines) is 1. The number of hydrogen-bond acceptors (Lipinski definition) is 4. The first kappa shape index (κ1) is 24.1. The summed E-state index contributed by atoms with van der Waals surface area (Å²) in [7, 11) is 0. The molecule has 2 aliphatic rings. The van der Waals surface area contributed by atoms with Crippen LogP contribution in [0.25, 0.3) is 11.0 Å². The van der Waals surface area contributed by atoms with Crippen LogP contribution in [0.1, 0.15) is 37.7 Å². The lowest BCUT2D eigenvalue weighted by atomic mass is 9.90. The largest absolute Gasteiger partial charge is 0.356 e. The Bertz CT molecular complexity index is 1110. The third-order valence-electron chi connectivity index (χ3n) is 7.55. The second kappa shape index (κ2) is 11.4. The Morgan fingerprint density at radius 1 is 1.09 bits per heavy atom. The second-order valence-corrected chi connectivity index (χ2v) is 10.6. The molecule has 6 nitrogen and oxygen atoms in total. The molecule has 2 aliphatic heterocycles. The first-order chi connectivity index (χ1) is 17.1. The molecule has 2 fully saturated rings. The lowest BCUT2D eigenvalue weighted by Crippen LogP contribution is -2.44. The van der Waals surface area contributed by atoms with Gasteiger partial charge in [0.15, 0.2) is 0 Å². The van der Waals surface area contributed by atoms with E-state index in [1.165, 1.54) is 37.9 Å². The maximum absolute atomic E-state index is 12.9. The predicted octanol–water partition coefficient (Wildman–Crippen LogP) is 4.89. The van der Waals surface area contributed by atoms with E-state index in [0.29, 0.717) is 11.6 Å². The van der Waals surface area contributed by atoms with Crippen molar-refractivity contribution in [3.8, 4) is 0 Å². The van der Waals surface area contributed by atoms with Crippen molar-refractivity contribution in [1.29, 1.82) is 0 Å². The minimum absolute atomic E-state index is 0.00859. The third kappa shape index (κ3) is 6.36. The van der Waals surface area contributed by atoms with Gasteiger partial charge in [0.25, 0.3) is 0 Å². The van der Waals surface area contributed by atoms with Crippen molar-refractivity contribution in [1.82, 2.24) is 20.2 Å². The Hall–Kier alpha value is -2.57.